The molecule has 0 amide bonds. The summed E-state index contributed by atoms with van der Waals surface area (Å²) in [5.41, 5.74) is 0.591. The van der Waals surface area contributed by atoms with Crippen molar-refractivity contribution in [2.45, 2.75) is 0 Å². The first-order valence-corrected chi connectivity index (χ1v) is 7.02. The quantitative estimate of drug-likeness (QED) is 0.740. The van der Waals surface area contributed by atoms with Crippen LogP contribution in [0.3, 0.4) is 0 Å². The predicted molar refractivity (Wildman–Crippen MR) is 84.5 cm³/mol. The zero-order valence-electron chi connectivity index (χ0n) is 11.2. The van der Waals surface area contributed by atoms with Gasteiger partial charge in [0.1, 0.15) is 0 Å². The average molecular weight is 346 g/mol. The fraction of sp³-hybridized carbons (Fsp3) is 0.133. The Morgan fingerprint density at radius 1 is 0.905 bits per heavy atom. The van der Waals surface area contributed by atoms with Crippen LogP contribution in [0.15, 0.2) is 30.3 Å². The van der Waals surface area contributed by atoms with Crippen LogP contribution < -0.4 is 9.47 Å². The summed E-state index contributed by atoms with van der Waals surface area (Å²) in [6, 6.07) is 7.78. The van der Waals surface area contributed by atoms with Gasteiger partial charge in [0, 0.05) is 10.6 Å². The summed E-state index contributed by atoms with van der Waals surface area (Å²) in [6.07, 6.45) is 0. The van der Waals surface area contributed by atoms with Crippen LogP contribution in [0.25, 0.3) is 0 Å². The van der Waals surface area contributed by atoms with Gasteiger partial charge in [-0.15, -0.1) is 0 Å². The summed E-state index contributed by atoms with van der Waals surface area (Å²) in [5.74, 6) is 0.662. The lowest BCUT2D eigenvalue weighted by atomic mass is 10.0. The average Bonchev–Trinajstić information content (AvgIpc) is 2.45. The van der Waals surface area contributed by atoms with E-state index in [0.717, 1.165) is 0 Å². The molecule has 6 heteroatoms. The van der Waals surface area contributed by atoms with E-state index < -0.39 is 0 Å². The number of hydrogen-bond donors (Lipinski definition) is 0. The zero-order chi connectivity index (χ0) is 15.6. The second-order valence-corrected chi connectivity index (χ2v) is 5.39. The number of carbonyl (C=O) groups excluding carboxylic acids is 1. The van der Waals surface area contributed by atoms with Crippen LogP contribution in [0.4, 0.5) is 0 Å². The fourth-order valence-electron chi connectivity index (χ4n) is 1.88. The molecular formula is C15H11Cl3O3. The molecule has 0 heterocycles. The zero-order valence-corrected chi connectivity index (χ0v) is 13.5. The summed E-state index contributed by atoms with van der Waals surface area (Å²) >= 11 is 18.0. The number of methoxy groups -OCH3 is 2. The molecule has 2 rings (SSSR count). The van der Waals surface area contributed by atoms with Gasteiger partial charge >= 0.3 is 0 Å². The van der Waals surface area contributed by atoms with Gasteiger partial charge in [-0.25, -0.2) is 0 Å². The summed E-state index contributed by atoms with van der Waals surface area (Å²) in [5, 5.41) is 0.772. The largest absolute Gasteiger partial charge is 0.493 e. The van der Waals surface area contributed by atoms with E-state index in [9.17, 15) is 4.79 Å². The molecule has 0 aliphatic carbocycles. The maximum atomic E-state index is 12.6. The van der Waals surface area contributed by atoms with Crippen LogP contribution in [0.1, 0.15) is 15.9 Å². The highest BCUT2D eigenvalue weighted by Gasteiger charge is 2.19. The molecule has 2 aromatic carbocycles. The van der Waals surface area contributed by atoms with Crippen molar-refractivity contribution in [3.8, 4) is 11.5 Å². The lowest BCUT2D eigenvalue weighted by Gasteiger charge is -2.11. The first kappa shape index (κ1) is 16.0. The third-order valence-electron chi connectivity index (χ3n) is 2.88. The number of carbonyl (C=O) groups is 1. The normalized spacial score (nSPS) is 10.3. The molecule has 0 N–H and O–H groups in total. The van der Waals surface area contributed by atoms with Crippen molar-refractivity contribution in [2.75, 3.05) is 14.2 Å². The van der Waals surface area contributed by atoms with Gasteiger partial charge < -0.3 is 9.47 Å². The van der Waals surface area contributed by atoms with Gasteiger partial charge in [0.25, 0.3) is 0 Å². The predicted octanol–water partition coefficient (Wildman–Crippen LogP) is 4.90. The van der Waals surface area contributed by atoms with E-state index in [-0.39, 0.29) is 21.4 Å². The Balaban J connectivity index is 2.50. The highest BCUT2D eigenvalue weighted by Crippen LogP contribution is 2.33. The highest BCUT2D eigenvalue weighted by molar-refractivity contribution is 6.43. The number of halogens is 3. The van der Waals surface area contributed by atoms with Crippen LogP contribution in [0.2, 0.25) is 15.1 Å². The first-order valence-electron chi connectivity index (χ1n) is 5.89. The molecule has 0 saturated carbocycles. The molecule has 0 aliphatic heterocycles. The minimum atomic E-state index is -0.317. The van der Waals surface area contributed by atoms with Gasteiger partial charge in [-0.05, 0) is 30.3 Å². The number of ether oxygens (including phenoxy) is 2. The summed E-state index contributed by atoms with van der Waals surface area (Å²) in [7, 11) is 3.01. The molecule has 0 unspecified atom stereocenters. The van der Waals surface area contributed by atoms with Gasteiger partial charge in [-0.1, -0.05) is 34.8 Å². The van der Waals surface area contributed by atoms with Gasteiger partial charge in [-0.2, -0.15) is 0 Å². The molecule has 0 fully saturated rings. The van der Waals surface area contributed by atoms with Crippen molar-refractivity contribution < 1.29 is 14.3 Å². The molecule has 0 aromatic heterocycles. The molecule has 0 spiro atoms. The molecule has 110 valence electrons. The summed E-state index contributed by atoms with van der Waals surface area (Å²) in [6.45, 7) is 0. The highest BCUT2D eigenvalue weighted by atomic mass is 35.5. The Hall–Kier alpha value is -1.42. The molecule has 0 atom stereocenters. The monoisotopic (exact) mass is 344 g/mol. The number of benzene rings is 2. The van der Waals surface area contributed by atoms with E-state index in [1.54, 1.807) is 18.2 Å². The van der Waals surface area contributed by atoms with E-state index in [0.29, 0.717) is 22.1 Å². The van der Waals surface area contributed by atoms with Crippen molar-refractivity contribution in [1.29, 1.82) is 0 Å². The second-order valence-electron chi connectivity index (χ2n) is 4.14. The van der Waals surface area contributed by atoms with Crippen LogP contribution in [-0.4, -0.2) is 20.0 Å². The number of ketones is 1. The SMILES string of the molecule is COc1ccc(C(=O)c2c(Cl)cc(Cl)cc2Cl)cc1OC. The number of hydrogen-bond acceptors (Lipinski definition) is 3. The van der Waals surface area contributed by atoms with Gasteiger partial charge in [0.2, 0.25) is 0 Å². The molecule has 0 aliphatic rings. The molecular weight excluding hydrogens is 335 g/mol. The Bertz CT molecular complexity index is 676. The topological polar surface area (TPSA) is 35.5 Å². The standard InChI is InChI=1S/C15H11Cl3O3/c1-20-12-4-3-8(5-13(12)21-2)15(19)14-10(17)6-9(16)7-11(14)18/h3-7H,1-2H3. The van der Waals surface area contributed by atoms with Crippen LogP contribution >= 0.6 is 34.8 Å². The minimum absolute atomic E-state index is 0.201. The van der Waals surface area contributed by atoms with Crippen molar-refractivity contribution >= 4 is 40.6 Å². The van der Waals surface area contributed by atoms with Crippen LogP contribution in [0.5, 0.6) is 11.5 Å². The van der Waals surface area contributed by atoms with Gasteiger partial charge in [-0.3, -0.25) is 4.79 Å². The number of rotatable bonds is 4. The summed E-state index contributed by atoms with van der Waals surface area (Å²) in [4.78, 5) is 12.6. The Labute approximate surface area is 137 Å². The second kappa shape index (κ2) is 6.56. The van der Waals surface area contributed by atoms with E-state index in [4.69, 9.17) is 44.3 Å². The maximum Gasteiger partial charge on any atom is 0.196 e. The van der Waals surface area contributed by atoms with Crippen molar-refractivity contribution in [2.24, 2.45) is 0 Å². The van der Waals surface area contributed by atoms with Crippen molar-refractivity contribution in [3.05, 3.63) is 56.5 Å². The third kappa shape index (κ3) is 3.26. The first-order chi connectivity index (χ1) is 9.97. The lowest BCUT2D eigenvalue weighted by molar-refractivity contribution is 0.103. The van der Waals surface area contributed by atoms with E-state index in [2.05, 4.69) is 0 Å². The van der Waals surface area contributed by atoms with Crippen molar-refractivity contribution in [1.82, 2.24) is 0 Å². The third-order valence-corrected chi connectivity index (χ3v) is 3.69. The maximum absolute atomic E-state index is 12.6. The fourth-order valence-corrected chi connectivity index (χ4v) is 2.87. The molecule has 0 bridgehead atoms. The Morgan fingerprint density at radius 3 is 2.00 bits per heavy atom. The van der Waals surface area contributed by atoms with Gasteiger partial charge in [0.15, 0.2) is 17.3 Å². The van der Waals surface area contributed by atoms with E-state index >= 15 is 0 Å². The van der Waals surface area contributed by atoms with E-state index in [1.165, 1.54) is 26.4 Å². The Morgan fingerprint density at radius 2 is 1.48 bits per heavy atom. The van der Waals surface area contributed by atoms with Gasteiger partial charge in [0.05, 0.1) is 29.8 Å². The molecule has 0 saturated heterocycles. The van der Waals surface area contributed by atoms with Crippen LogP contribution in [0, 0.1) is 0 Å². The smallest absolute Gasteiger partial charge is 0.196 e. The Kier molecular flexibility index (Phi) is 4.99. The molecule has 2 aromatic rings. The molecule has 0 radical (unpaired) electrons. The minimum Gasteiger partial charge on any atom is -0.493 e. The molecule has 21 heavy (non-hydrogen) atoms. The molecule has 3 nitrogen and oxygen atoms in total. The summed E-state index contributed by atoms with van der Waals surface area (Å²) < 4.78 is 10.3. The lowest BCUT2D eigenvalue weighted by Crippen LogP contribution is -2.04. The van der Waals surface area contributed by atoms with Crippen LogP contribution in [-0.2, 0) is 0 Å². The van der Waals surface area contributed by atoms with E-state index in [1.807, 2.05) is 0 Å². The van der Waals surface area contributed by atoms with Crippen molar-refractivity contribution in [3.63, 3.8) is 0 Å².